The number of hydrogen-bond acceptors (Lipinski definition) is 4. The van der Waals surface area contributed by atoms with E-state index in [1.807, 2.05) is 32.2 Å². The number of aromatic nitrogens is 3. The van der Waals surface area contributed by atoms with Crippen molar-refractivity contribution < 1.29 is 0 Å². The number of nitrogens with zero attached hydrogens (tertiary/aromatic N) is 2. The topological polar surface area (TPSA) is 62.7 Å². The van der Waals surface area contributed by atoms with E-state index in [1.54, 1.807) is 4.57 Å². The smallest absolute Gasteiger partial charge is 0.316 e. The summed E-state index contributed by atoms with van der Waals surface area (Å²) in [6.07, 6.45) is 0. The lowest BCUT2D eigenvalue weighted by Gasteiger charge is -2.06. The Kier molecular flexibility index (Phi) is 4.68. The van der Waals surface area contributed by atoms with Gasteiger partial charge in [-0.2, -0.15) is 0 Å². The molecule has 1 aromatic carbocycles. The molecule has 0 bridgehead atoms. The predicted octanol–water partition coefficient (Wildman–Crippen LogP) is 2.12. The van der Waals surface area contributed by atoms with Crippen molar-refractivity contribution in [1.29, 1.82) is 0 Å². The van der Waals surface area contributed by atoms with Crippen molar-refractivity contribution in [3.63, 3.8) is 0 Å². The Morgan fingerprint density at radius 2 is 2.32 bits per heavy atom. The molecule has 0 unspecified atom stereocenters. The molecule has 0 radical (unpaired) electrons. The molecule has 0 saturated carbocycles. The Morgan fingerprint density at radius 1 is 1.53 bits per heavy atom. The molecule has 0 aliphatic heterocycles. The molecular formula is C12H15ClN4OS. The molecule has 0 aliphatic rings. The fourth-order valence-corrected chi connectivity index (χ4v) is 2.94. The zero-order valence-corrected chi connectivity index (χ0v) is 12.3. The maximum absolute atomic E-state index is 11.5. The standard InChI is InChI=1S/C12H15ClN4OS/c1-3-17-11(18)15-16-12(17)19-9-5-4-8(7-14-2)10(13)6-9/h4-6,14H,3,7H2,1-2H3,(H,15,18). The van der Waals surface area contributed by atoms with Crippen molar-refractivity contribution in [2.75, 3.05) is 7.05 Å². The lowest BCUT2D eigenvalue weighted by Crippen LogP contribution is -2.15. The SMILES string of the molecule is CCn1c(Sc2ccc(CNC)c(Cl)c2)n[nH]c1=O. The quantitative estimate of drug-likeness (QED) is 0.887. The number of aromatic amines is 1. The molecule has 5 nitrogen and oxygen atoms in total. The highest BCUT2D eigenvalue weighted by atomic mass is 35.5. The molecular weight excluding hydrogens is 284 g/mol. The van der Waals surface area contributed by atoms with Crippen LogP contribution in [0.15, 0.2) is 33.0 Å². The third kappa shape index (κ3) is 3.20. The molecule has 0 amide bonds. The number of halogens is 1. The van der Waals surface area contributed by atoms with E-state index in [-0.39, 0.29) is 5.69 Å². The first-order chi connectivity index (χ1) is 9.15. The van der Waals surface area contributed by atoms with Crippen LogP contribution in [0.2, 0.25) is 5.02 Å². The van der Waals surface area contributed by atoms with Gasteiger partial charge in [0.15, 0.2) is 5.16 Å². The minimum atomic E-state index is -0.192. The van der Waals surface area contributed by atoms with Crippen LogP contribution in [-0.2, 0) is 13.1 Å². The molecule has 0 aliphatic carbocycles. The summed E-state index contributed by atoms with van der Waals surface area (Å²) in [5.41, 5.74) is 0.853. The molecule has 19 heavy (non-hydrogen) atoms. The molecule has 1 aromatic heterocycles. The van der Waals surface area contributed by atoms with Crippen molar-refractivity contribution in [3.8, 4) is 0 Å². The number of rotatable bonds is 5. The van der Waals surface area contributed by atoms with Crippen LogP contribution in [0, 0.1) is 0 Å². The van der Waals surface area contributed by atoms with Gasteiger partial charge in [0.2, 0.25) is 0 Å². The van der Waals surface area contributed by atoms with Crippen molar-refractivity contribution in [1.82, 2.24) is 20.1 Å². The van der Waals surface area contributed by atoms with Crippen molar-refractivity contribution in [2.24, 2.45) is 0 Å². The number of hydrogen-bond donors (Lipinski definition) is 2. The summed E-state index contributed by atoms with van der Waals surface area (Å²) >= 11 is 7.62. The summed E-state index contributed by atoms with van der Waals surface area (Å²) in [5, 5.41) is 10.9. The molecule has 0 saturated heterocycles. The molecule has 102 valence electrons. The Balaban J connectivity index is 2.24. The Morgan fingerprint density at radius 3 is 2.95 bits per heavy atom. The van der Waals surface area contributed by atoms with Gasteiger partial charge >= 0.3 is 5.69 Å². The maximum atomic E-state index is 11.5. The van der Waals surface area contributed by atoms with Crippen LogP contribution in [0.5, 0.6) is 0 Å². The minimum Gasteiger partial charge on any atom is -0.316 e. The van der Waals surface area contributed by atoms with E-state index in [0.29, 0.717) is 16.7 Å². The zero-order chi connectivity index (χ0) is 13.8. The van der Waals surface area contributed by atoms with E-state index in [0.717, 1.165) is 17.0 Å². The molecule has 2 N–H and O–H groups in total. The number of nitrogens with one attached hydrogen (secondary N) is 2. The Labute approximate surface area is 120 Å². The summed E-state index contributed by atoms with van der Waals surface area (Å²) < 4.78 is 1.58. The first kappa shape index (κ1) is 14.2. The maximum Gasteiger partial charge on any atom is 0.343 e. The zero-order valence-electron chi connectivity index (χ0n) is 10.7. The highest BCUT2D eigenvalue weighted by Gasteiger charge is 2.09. The molecule has 0 spiro atoms. The Bertz CT molecular complexity index is 622. The first-order valence-corrected chi connectivity index (χ1v) is 7.11. The summed E-state index contributed by atoms with van der Waals surface area (Å²) in [6, 6.07) is 5.84. The van der Waals surface area contributed by atoms with E-state index >= 15 is 0 Å². The highest BCUT2D eigenvalue weighted by molar-refractivity contribution is 7.99. The van der Waals surface area contributed by atoms with Crippen LogP contribution >= 0.6 is 23.4 Å². The van der Waals surface area contributed by atoms with Crippen molar-refractivity contribution in [2.45, 2.75) is 30.1 Å². The monoisotopic (exact) mass is 298 g/mol. The molecule has 0 atom stereocenters. The first-order valence-electron chi connectivity index (χ1n) is 5.91. The normalized spacial score (nSPS) is 10.9. The summed E-state index contributed by atoms with van der Waals surface area (Å²) in [5.74, 6) is 0. The van der Waals surface area contributed by atoms with Crippen LogP contribution in [0.3, 0.4) is 0 Å². The van der Waals surface area contributed by atoms with E-state index in [4.69, 9.17) is 11.6 Å². The summed E-state index contributed by atoms with van der Waals surface area (Å²) in [4.78, 5) is 12.4. The van der Waals surface area contributed by atoms with E-state index in [2.05, 4.69) is 15.5 Å². The van der Waals surface area contributed by atoms with Gasteiger partial charge in [-0.25, -0.2) is 9.89 Å². The van der Waals surface area contributed by atoms with Gasteiger partial charge in [-0.05, 0) is 43.4 Å². The molecule has 2 rings (SSSR count). The number of H-pyrrole nitrogens is 1. The molecule has 7 heteroatoms. The lowest BCUT2D eigenvalue weighted by molar-refractivity contribution is 0.660. The lowest BCUT2D eigenvalue weighted by atomic mass is 10.2. The molecule has 1 heterocycles. The van der Waals surface area contributed by atoms with Crippen LogP contribution in [0.25, 0.3) is 0 Å². The predicted molar refractivity (Wildman–Crippen MR) is 76.9 cm³/mol. The molecule has 0 fully saturated rings. The number of benzene rings is 1. The average molecular weight is 299 g/mol. The van der Waals surface area contributed by atoms with Crippen LogP contribution in [0.4, 0.5) is 0 Å². The third-order valence-electron chi connectivity index (χ3n) is 2.64. The average Bonchev–Trinajstić information content (AvgIpc) is 2.73. The van der Waals surface area contributed by atoms with Gasteiger partial charge in [0.05, 0.1) is 0 Å². The van der Waals surface area contributed by atoms with E-state index in [9.17, 15) is 4.79 Å². The van der Waals surface area contributed by atoms with Gasteiger partial charge in [0, 0.05) is 23.0 Å². The minimum absolute atomic E-state index is 0.192. The van der Waals surface area contributed by atoms with Gasteiger partial charge in [-0.1, -0.05) is 17.7 Å². The van der Waals surface area contributed by atoms with Gasteiger partial charge in [0.1, 0.15) is 0 Å². The van der Waals surface area contributed by atoms with Gasteiger partial charge in [0.25, 0.3) is 0 Å². The van der Waals surface area contributed by atoms with Gasteiger partial charge < -0.3 is 5.32 Å². The largest absolute Gasteiger partial charge is 0.343 e. The van der Waals surface area contributed by atoms with Crippen LogP contribution in [0.1, 0.15) is 12.5 Å². The summed E-state index contributed by atoms with van der Waals surface area (Å²) in [6.45, 7) is 3.22. The highest BCUT2D eigenvalue weighted by Crippen LogP contribution is 2.29. The van der Waals surface area contributed by atoms with Gasteiger partial charge in [-0.3, -0.25) is 4.57 Å². The van der Waals surface area contributed by atoms with Gasteiger partial charge in [-0.15, -0.1) is 5.10 Å². The second-order valence-corrected chi connectivity index (χ2v) is 5.39. The fourth-order valence-electron chi connectivity index (χ4n) is 1.69. The second-order valence-electron chi connectivity index (χ2n) is 3.94. The Hall–Kier alpha value is -1.24. The van der Waals surface area contributed by atoms with E-state index in [1.165, 1.54) is 11.8 Å². The van der Waals surface area contributed by atoms with Crippen LogP contribution in [-0.4, -0.2) is 21.8 Å². The third-order valence-corrected chi connectivity index (χ3v) is 3.98. The van der Waals surface area contributed by atoms with Crippen LogP contribution < -0.4 is 11.0 Å². The second kappa shape index (κ2) is 6.27. The van der Waals surface area contributed by atoms with Crippen molar-refractivity contribution >= 4 is 23.4 Å². The molecule has 2 aromatic rings. The summed E-state index contributed by atoms with van der Waals surface area (Å²) in [7, 11) is 1.88. The van der Waals surface area contributed by atoms with Crippen molar-refractivity contribution in [3.05, 3.63) is 39.3 Å². The fraction of sp³-hybridized carbons (Fsp3) is 0.333. The van der Waals surface area contributed by atoms with E-state index < -0.39 is 0 Å².